The largest absolute Gasteiger partial charge is 0.497 e. The summed E-state index contributed by atoms with van der Waals surface area (Å²) in [7, 11) is -0.709. The van der Waals surface area contributed by atoms with Gasteiger partial charge in [-0.3, -0.25) is 4.79 Å². The summed E-state index contributed by atoms with van der Waals surface area (Å²) in [5.74, 6) is 1.22. The molecular formula is C19H20N2O5S. The predicted molar refractivity (Wildman–Crippen MR) is 103 cm³/mol. The van der Waals surface area contributed by atoms with Crippen molar-refractivity contribution in [3.05, 3.63) is 63.9 Å². The van der Waals surface area contributed by atoms with Crippen molar-refractivity contribution in [2.24, 2.45) is 0 Å². The van der Waals surface area contributed by atoms with Crippen molar-refractivity contribution in [2.45, 2.75) is 18.4 Å². The lowest BCUT2D eigenvalue weighted by atomic mass is 10.1. The van der Waals surface area contributed by atoms with E-state index in [-0.39, 0.29) is 17.0 Å². The molecule has 0 amide bonds. The van der Waals surface area contributed by atoms with Gasteiger partial charge in [-0.25, -0.2) is 13.1 Å². The van der Waals surface area contributed by atoms with Gasteiger partial charge in [0, 0.05) is 23.0 Å². The van der Waals surface area contributed by atoms with Gasteiger partial charge in [0.2, 0.25) is 10.0 Å². The summed E-state index contributed by atoms with van der Waals surface area (Å²) >= 11 is 0. The topological polar surface area (TPSA) is 97.5 Å². The Morgan fingerprint density at radius 1 is 1.00 bits per heavy atom. The summed E-state index contributed by atoms with van der Waals surface area (Å²) in [6.07, 6.45) is 0. The number of fused-ring (bicyclic) bond motifs is 1. The standard InChI is InChI=1S/C19H20N2O5S/c1-12-8-15(25-2)5-7-18(12)27(23,24)20-11-14-9-13-10-16(26-3)4-6-17(13)21-19(14)22/h4-10,20H,11H2,1-3H3,(H,21,22). The Balaban J connectivity index is 1.89. The van der Waals surface area contributed by atoms with E-state index in [1.165, 1.54) is 13.2 Å². The molecule has 0 saturated heterocycles. The quantitative estimate of drug-likeness (QED) is 0.675. The van der Waals surface area contributed by atoms with Crippen molar-refractivity contribution in [3.8, 4) is 11.5 Å². The molecule has 2 aromatic carbocycles. The lowest BCUT2D eigenvalue weighted by Gasteiger charge is -2.11. The van der Waals surface area contributed by atoms with E-state index >= 15 is 0 Å². The van der Waals surface area contributed by atoms with Crippen LogP contribution >= 0.6 is 0 Å². The van der Waals surface area contributed by atoms with E-state index in [0.29, 0.717) is 28.1 Å². The highest BCUT2D eigenvalue weighted by atomic mass is 32.2. The van der Waals surface area contributed by atoms with Crippen LogP contribution in [0, 0.1) is 6.92 Å². The van der Waals surface area contributed by atoms with Crippen LogP contribution in [0.2, 0.25) is 0 Å². The fraction of sp³-hybridized carbons (Fsp3) is 0.211. The Morgan fingerprint density at radius 3 is 2.33 bits per heavy atom. The molecule has 142 valence electrons. The molecule has 0 radical (unpaired) electrons. The molecule has 0 aliphatic heterocycles. The molecule has 0 spiro atoms. The second kappa shape index (κ2) is 7.42. The summed E-state index contributed by atoms with van der Waals surface area (Å²) in [6, 6.07) is 11.6. The van der Waals surface area contributed by atoms with Crippen LogP contribution < -0.4 is 19.8 Å². The first kappa shape index (κ1) is 18.9. The average molecular weight is 388 g/mol. The van der Waals surface area contributed by atoms with E-state index in [2.05, 4.69) is 9.71 Å². The van der Waals surface area contributed by atoms with Crippen molar-refractivity contribution >= 4 is 20.9 Å². The molecule has 3 aromatic rings. The Kier molecular flexibility index (Phi) is 5.20. The first-order chi connectivity index (χ1) is 12.8. The molecule has 27 heavy (non-hydrogen) atoms. The highest BCUT2D eigenvalue weighted by Gasteiger charge is 2.18. The van der Waals surface area contributed by atoms with Gasteiger partial charge >= 0.3 is 0 Å². The highest BCUT2D eigenvalue weighted by molar-refractivity contribution is 7.89. The van der Waals surface area contributed by atoms with E-state index < -0.39 is 10.0 Å². The lowest BCUT2D eigenvalue weighted by Crippen LogP contribution is -2.27. The number of nitrogens with one attached hydrogen (secondary N) is 2. The minimum atomic E-state index is -3.78. The monoisotopic (exact) mass is 388 g/mol. The number of rotatable bonds is 6. The first-order valence-corrected chi connectivity index (χ1v) is 9.66. The van der Waals surface area contributed by atoms with Crippen molar-refractivity contribution in [3.63, 3.8) is 0 Å². The molecule has 1 heterocycles. The summed E-state index contributed by atoms with van der Waals surface area (Å²) < 4.78 is 38.0. The summed E-state index contributed by atoms with van der Waals surface area (Å²) in [6.45, 7) is 1.56. The summed E-state index contributed by atoms with van der Waals surface area (Å²) in [5.41, 5.74) is 1.17. The maximum absolute atomic E-state index is 12.6. The fourth-order valence-corrected chi connectivity index (χ4v) is 4.02. The molecular weight excluding hydrogens is 368 g/mol. The smallest absolute Gasteiger partial charge is 0.252 e. The van der Waals surface area contributed by atoms with Crippen molar-refractivity contribution in [1.29, 1.82) is 0 Å². The molecule has 7 nitrogen and oxygen atoms in total. The molecule has 0 atom stereocenters. The van der Waals surface area contributed by atoms with Gasteiger partial charge in [-0.15, -0.1) is 0 Å². The minimum Gasteiger partial charge on any atom is -0.497 e. The Labute approximate surface area is 157 Å². The number of benzene rings is 2. The molecule has 2 N–H and O–H groups in total. The van der Waals surface area contributed by atoms with E-state index in [1.54, 1.807) is 50.4 Å². The van der Waals surface area contributed by atoms with Crippen molar-refractivity contribution < 1.29 is 17.9 Å². The van der Waals surface area contributed by atoms with Gasteiger partial charge in [0.1, 0.15) is 11.5 Å². The van der Waals surface area contributed by atoms with Gasteiger partial charge in [-0.05, 0) is 55.0 Å². The minimum absolute atomic E-state index is 0.129. The number of sulfonamides is 1. The molecule has 3 rings (SSSR count). The molecule has 1 aromatic heterocycles. The number of hydrogen-bond acceptors (Lipinski definition) is 5. The Hall–Kier alpha value is -2.84. The molecule has 0 aliphatic carbocycles. The zero-order chi connectivity index (χ0) is 19.6. The lowest BCUT2D eigenvalue weighted by molar-refractivity contribution is 0.414. The number of aromatic nitrogens is 1. The van der Waals surface area contributed by atoms with Crippen molar-refractivity contribution in [1.82, 2.24) is 9.71 Å². The molecule has 0 fully saturated rings. The number of ether oxygens (including phenoxy) is 2. The molecule has 0 saturated carbocycles. The van der Waals surface area contributed by atoms with Crippen LogP contribution in [-0.4, -0.2) is 27.6 Å². The summed E-state index contributed by atoms with van der Waals surface area (Å²) in [4.78, 5) is 15.1. The van der Waals surface area contributed by atoms with Gasteiger partial charge in [-0.1, -0.05) is 0 Å². The van der Waals surface area contributed by atoms with Gasteiger partial charge in [-0.2, -0.15) is 0 Å². The van der Waals surface area contributed by atoms with Gasteiger partial charge in [0.15, 0.2) is 0 Å². The van der Waals surface area contributed by atoms with Crippen LogP contribution in [0.1, 0.15) is 11.1 Å². The number of aromatic amines is 1. The number of hydrogen-bond donors (Lipinski definition) is 2. The third kappa shape index (κ3) is 3.96. The second-order valence-corrected chi connectivity index (χ2v) is 7.77. The van der Waals surface area contributed by atoms with E-state index in [4.69, 9.17) is 9.47 Å². The number of aryl methyl sites for hydroxylation is 1. The van der Waals surface area contributed by atoms with Crippen molar-refractivity contribution in [2.75, 3.05) is 14.2 Å². The zero-order valence-electron chi connectivity index (χ0n) is 15.2. The first-order valence-electron chi connectivity index (χ1n) is 8.18. The number of pyridine rings is 1. The fourth-order valence-electron chi connectivity index (χ4n) is 2.79. The highest BCUT2D eigenvalue weighted by Crippen LogP contribution is 2.22. The van der Waals surface area contributed by atoms with Crippen LogP contribution in [0.4, 0.5) is 0 Å². The Bertz CT molecular complexity index is 1150. The predicted octanol–water partition coefficient (Wildman–Crippen LogP) is 2.33. The van der Waals surface area contributed by atoms with Gasteiger partial charge in [0.05, 0.1) is 19.1 Å². The van der Waals surface area contributed by atoms with E-state index in [9.17, 15) is 13.2 Å². The maximum Gasteiger partial charge on any atom is 0.252 e. The SMILES string of the molecule is COc1ccc(S(=O)(=O)NCc2cc3cc(OC)ccc3[nH]c2=O)c(C)c1. The van der Waals surface area contributed by atoms with Crippen LogP contribution in [0.5, 0.6) is 11.5 Å². The van der Waals surface area contributed by atoms with Gasteiger partial charge < -0.3 is 14.5 Å². The second-order valence-electron chi connectivity index (χ2n) is 6.03. The molecule has 0 unspecified atom stereocenters. The maximum atomic E-state index is 12.6. The molecule has 0 bridgehead atoms. The third-order valence-corrected chi connectivity index (χ3v) is 5.81. The van der Waals surface area contributed by atoms with Crippen LogP contribution in [0.15, 0.2) is 52.2 Å². The Morgan fingerprint density at radius 2 is 1.67 bits per heavy atom. The van der Waals surface area contributed by atoms with Crippen LogP contribution in [0.25, 0.3) is 10.9 Å². The number of methoxy groups -OCH3 is 2. The zero-order valence-corrected chi connectivity index (χ0v) is 16.0. The number of H-pyrrole nitrogens is 1. The average Bonchev–Trinajstić information content (AvgIpc) is 2.65. The van der Waals surface area contributed by atoms with Crippen LogP contribution in [0.3, 0.4) is 0 Å². The third-order valence-electron chi connectivity index (χ3n) is 4.25. The normalized spacial score (nSPS) is 11.5. The molecule has 8 heteroatoms. The summed E-state index contributed by atoms with van der Waals surface area (Å²) in [5, 5.41) is 0.753. The van der Waals surface area contributed by atoms with E-state index in [0.717, 1.165) is 5.39 Å². The van der Waals surface area contributed by atoms with Gasteiger partial charge in [0.25, 0.3) is 5.56 Å². The van der Waals surface area contributed by atoms with Crippen LogP contribution in [-0.2, 0) is 16.6 Å². The van der Waals surface area contributed by atoms with E-state index in [1.807, 2.05) is 0 Å². The molecule has 0 aliphatic rings.